The van der Waals surface area contributed by atoms with Crippen molar-refractivity contribution in [1.29, 1.82) is 0 Å². The Morgan fingerprint density at radius 3 is 2.78 bits per heavy atom. The van der Waals surface area contributed by atoms with Crippen LogP contribution in [-0.4, -0.2) is 31.3 Å². The van der Waals surface area contributed by atoms with Gasteiger partial charge >= 0.3 is 0 Å². The number of ether oxygens (including phenoxy) is 1. The summed E-state index contributed by atoms with van der Waals surface area (Å²) < 4.78 is 5.37. The van der Waals surface area contributed by atoms with E-state index >= 15 is 0 Å². The van der Waals surface area contributed by atoms with Gasteiger partial charge in [-0.25, -0.2) is 0 Å². The molecule has 1 fully saturated rings. The Labute approximate surface area is 106 Å². The van der Waals surface area contributed by atoms with Crippen molar-refractivity contribution in [2.75, 3.05) is 36.9 Å². The van der Waals surface area contributed by atoms with E-state index in [1.807, 2.05) is 19.1 Å². The van der Waals surface area contributed by atoms with Crippen LogP contribution in [0, 0.1) is 6.92 Å². The first kappa shape index (κ1) is 11.3. The fourth-order valence-electron chi connectivity index (χ4n) is 2.40. The molecule has 0 radical (unpaired) electrons. The molecule has 18 heavy (non-hydrogen) atoms. The lowest BCUT2D eigenvalue weighted by Gasteiger charge is -2.29. The lowest BCUT2D eigenvalue weighted by atomic mass is 10.1. The van der Waals surface area contributed by atoms with E-state index in [4.69, 9.17) is 10.5 Å². The van der Waals surface area contributed by atoms with Gasteiger partial charge in [0, 0.05) is 35.5 Å². The molecule has 0 amide bonds. The van der Waals surface area contributed by atoms with E-state index in [1.54, 1.807) is 0 Å². The molecule has 0 atom stereocenters. The maximum atomic E-state index is 6.07. The van der Waals surface area contributed by atoms with Crippen LogP contribution in [0.2, 0.25) is 0 Å². The van der Waals surface area contributed by atoms with Gasteiger partial charge in [-0.05, 0) is 31.2 Å². The molecule has 2 N–H and O–H groups in total. The highest BCUT2D eigenvalue weighted by molar-refractivity contribution is 5.92. The first-order valence-corrected chi connectivity index (χ1v) is 6.23. The number of pyridine rings is 1. The molecule has 1 aliphatic heterocycles. The maximum Gasteiger partial charge on any atom is 0.0727 e. The molecule has 4 nitrogen and oxygen atoms in total. The second-order valence-corrected chi connectivity index (χ2v) is 4.65. The zero-order valence-electron chi connectivity index (χ0n) is 10.5. The molecule has 0 spiro atoms. The Morgan fingerprint density at radius 1 is 1.22 bits per heavy atom. The molecule has 0 aliphatic carbocycles. The number of nitrogens with two attached hydrogens (primary N) is 1. The molecule has 2 aromatic rings. The van der Waals surface area contributed by atoms with Crippen LogP contribution in [0.25, 0.3) is 10.9 Å². The van der Waals surface area contributed by atoms with Crippen LogP contribution in [0.4, 0.5) is 11.4 Å². The van der Waals surface area contributed by atoms with E-state index in [9.17, 15) is 0 Å². The minimum absolute atomic E-state index is 0.791. The number of nitrogen functional groups attached to an aromatic ring is 1. The minimum atomic E-state index is 0.791. The summed E-state index contributed by atoms with van der Waals surface area (Å²) in [5.41, 5.74) is 9.99. The van der Waals surface area contributed by atoms with Crippen LogP contribution in [0.15, 0.2) is 24.3 Å². The van der Waals surface area contributed by atoms with Crippen LogP contribution in [-0.2, 0) is 4.74 Å². The van der Waals surface area contributed by atoms with E-state index in [0.29, 0.717) is 0 Å². The molecule has 3 rings (SSSR count). The molecule has 1 aromatic carbocycles. The number of benzene rings is 1. The van der Waals surface area contributed by atoms with Gasteiger partial charge in [-0.15, -0.1) is 0 Å². The highest BCUT2D eigenvalue weighted by Gasteiger charge is 2.12. The van der Waals surface area contributed by atoms with Gasteiger partial charge in [0.25, 0.3) is 0 Å². The number of nitrogens with zero attached hydrogens (tertiary/aromatic N) is 2. The van der Waals surface area contributed by atoms with Gasteiger partial charge in [-0.2, -0.15) is 0 Å². The number of fused-ring (bicyclic) bond motifs is 1. The molecule has 94 valence electrons. The van der Waals surface area contributed by atoms with E-state index in [0.717, 1.165) is 48.6 Å². The second-order valence-electron chi connectivity index (χ2n) is 4.65. The molecule has 4 heteroatoms. The molecular formula is C14H17N3O. The van der Waals surface area contributed by atoms with Crippen molar-refractivity contribution in [2.45, 2.75) is 6.92 Å². The molecule has 1 aromatic heterocycles. The first-order chi connectivity index (χ1) is 8.74. The van der Waals surface area contributed by atoms with Gasteiger partial charge in [0.2, 0.25) is 0 Å². The highest BCUT2D eigenvalue weighted by atomic mass is 16.5. The number of rotatable bonds is 1. The van der Waals surface area contributed by atoms with Gasteiger partial charge < -0.3 is 15.4 Å². The summed E-state index contributed by atoms with van der Waals surface area (Å²) in [5, 5.41) is 1.03. The number of aromatic nitrogens is 1. The minimum Gasteiger partial charge on any atom is -0.398 e. The quantitative estimate of drug-likeness (QED) is 0.832. The average molecular weight is 243 g/mol. The van der Waals surface area contributed by atoms with Crippen molar-refractivity contribution in [2.24, 2.45) is 0 Å². The Balaban J connectivity index is 2.04. The predicted octanol–water partition coefficient (Wildman–Crippen LogP) is 1.96. The number of anilines is 2. The third kappa shape index (κ3) is 1.99. The zero-order valence-corrected chi connectivity index (χ0v) is 10.5. The van der Waals surface area contributed by atoms with Crippen molar-refractivity contribution in [1.82, 2.24) is 4.98 Å². The van der Waals surface area contributed by atoms with Crippen molar-refractivity contribution >= 4 is 22.3 Å². The van der Waals surface area contributed by atoms with Crippen molar-refractivity contribution in [3.63, 3.8) is 0 Å². The largest absolute Gasteiger partial charge is 0.398 e. The van der Waals surface area contributed by atoms with Crippen LogP contribution in [0.1, 0.15) is 5.69 Å². The Bertz CT molecular complexity index is 577. The monoisotopic (exact) mass is 243 g/mol. The molecular weight excluding hydrogens is 226 g/mol. The van der Waals surface area contributed by atoms with Gasteiger partial charge in [-0.3, -0.25) is 4.98 Å². The maximum absolute atomic E-state index is 6.07. The van der Waals surface area contributed by atoms with Crippen LogP contribution in [0.3, 0.4) is 0 Å². The smallest absolute Gasteiger partial charge is 0.0727 e. The molecule has 1 aliphatic rings. The van der Waals surface area contributed by atoms with Gasteiger partial charge in [0.1, 0.15) is 0 Å². The molecule has 0 unspecified atom stereocenters. The Hall–Kier alpha value is -1.81. The number of hydrogen-bond donors (Lipinski definition) is 1. The summed E-state index contributed by atoms with van der Waals surface area (Å²) in [5.74, 6) is 0. The van der Waals surface area contributed by atoms with Crippen LogP contribution >= 0.6 is 0 Å². The molecule has 2 heterocycles. The lowest BCUT2D eigenvalue weighted by Crippen LogP contribution is -2.36. The molecule has 0 bridgehead atoms. The van der Waals surface area contributed by atoms with E-state index in [1.165, 1.54) is 5.69 Å². The number of aryl methyl sites for hydroxylation is 1. The van der Waals surface area contributed by atoms with Crippen molar-refractivity contribution < 1.29 is 4.74 Å². The topological polar surface area (TPSA) is 51.4 Å². The summed E-state index contributed by atoms with van der Waals surface area (Å²) in [4.78, 5) is 6.82. The summed E-state index contributed by atoms with van der Waals surface area (Å²) in [7, 11) is 0. The van der Waals surface area contributed by atoms with Crippen LogP contribution in [0.5, 0.6) is 0 Å². The fraction of sp³-hybridized carbons (Fsp3) is 0.357. The van der Waals surface area contributed by atoms with Crippen LogP contribution < -0.4 is 10.6 Å². The normalized spacial score (nSPS) is 16.2. The Kier molecular flexibility index (Phi) is 2.80. The fourth-order valence-corrected chi connectivity index (χ4v) is 2.40. The first-order valence-electron chi connectivity index (χ1n) is 6.23. The highest BCUT2D eigenvalue weighted by Crippen LogP contribution is 2.26. The number of hydrogen-bond acceptors (Lipinski definition) is 4. The standard InChI is InChI=1S/C14H17N3O/c1-10-8-13(15)12-9-11(2-3-14(12)16-10)17-4-6-18-7-5-17/h2-3,8-9H,4-7H2,1H3,(H2,15,16). The van der Waals surface area contributed by atoms with E-state index < -0.39 is 0 Å². The molecule has 0 saturated carbocycles. The molecule has 1 saturated heterocycles. The Morgan fingerprint density at radius 2 is 2.00 bits per heavy atom. The van der Waals surface area contributed by atoms with E-state index in [-0.39, 0.29) is 0 Å². The van der Waals surface area contributed by atoms with Gasteiger partial charge in [0.05, 0.1) is 18.7 Å². The third-order valence-corrected chi connectivity index (χ3v) is 3.33. The van der Waals surface area contributed by atoms with Gasteiger partial charge in [0.15, 0.2) is 0 Å². The summed E-state index contributed by atoms with van der Waals surface area (Å²) in [6.07, 6.45) is 0. The van der Waals surface area contributed by atoms with Crippen molar-refractivity contribution in [3.8, 4) is 0 Å². The summed E-state index contributed by atoms with van der Waals surface area (Å²) in [6.45, 7) is 5.42. The second kappa shape index (κ2) is 4.46. The summed E-state index contributed by atoms with van der Waals surface area (Å²) in [6, 6.07) is 8.21. The zero-order chi connectivity index (χ0) is 12.5. The lowest BCUT2D eigenvalue weighted by molar-refractivity contribution is 0.122. The SMILES string of the molecule is Cc1cc(N)c2cc(N3CCOCC3)ccc2n1. The third-order valence-electron chi connectivity index (χ3n) is 3.33. The predicted molar refractivity (Wildman–Crippen MR) is 73.9 cm³/mol. The summed E-state index contributed by atoms with van der Waals surface area (Å²) >= 11 is 0. The van der Waals surface area contributed by atoms with Crippen molar-refractivity contribution in [3.05, 3.63) is 30.0 Å². The van der Waals surface area contributed by atoms with Gasteiger partial charge in [-0.1, -0.05) is 0 Å². The average Bonchev–Trinajstić information content (AvgIpc) is 2.39. The number of morpholine rings is 1. The van der Waals surface area contributed by atoms with E-state index in [2.05, 4.69) is 22.0 Å².